The van der Waals surface area contributed by atoms with E-state index in [1.54, 1.807) is 0 Å². The smallest absolute Gasteiger partial charge is 0.0541 e. The van der Waals surface area contributed by atoms with Crippen molar-refractivity contribution in [3.05, 3.63) is 206 Å². The lowest BCUT2D eigenvalue weighted by molar-refractivity contribution is 1.20. The van der Waals surface area contributed by atoms with E-state index in [0.29, 0.717) is 0 Å². The van der Waals surface area contributed by atoms with E-state index in [2.05, 4.69) is 216 Å². The molecule has 0 bridgehead atoms. The van der Waals surface area contributed by atoms with Gasteiger partial charge in [-0.25, -0.2) is 0 Å². The molecule has 0 unspecified atom stereocenters. The monoisotopic (exact) mass is 662 g/mol. The van der Waals surface area contributed by atoms with Crippen LogP contribution in [-0.2, 0) is 0 Å². The van der Waals surface area contributed by atoms with Gasteiger partial charge in [0.25, 0.3) is 0 Å². The Bertz CT molecular complexity index is 2870. The van der Waals surface area contributed by atoms with Crippen LogP contribution < -0.4 is 4.90 Å². The van der Waals surface area contributed by atoms with Crippen LogP contribution in [0.3, 0.4) is 0 Å². The number of benzene rings is 9. The molecule has 1 heterocycles. The Hall–Kier alpha value is -6.90. The second kappa shape index (κ2) is 12.5. The molecule has 0 N–H and O–H groups in total. The van der Waals surface area contributed by atoms with Crippen molar-refractivity contribution < 1.29 is 0 Å². The van der Waals surface area contributed by atoms with Crippen molar-refractivity contribution in [3.8, 4) is 27.9 Å². The molecule has 0 spiro atoms. The zero-order chi connectivity index (χ0) is 34.4. The second-order valence-electron chi connectivity index (χ2n) is 13.4. The van der Waals surface area contributed by atoms with Crippen LogP contribution in [0.1, 0.15) is 0 Å². The topological polar surface area (TPSA) is 8.17 Å². The number of para-hydroxylation sites is 1. The fourth-order valence-electron chi connectivity index (χ4n) is 7.88. The molecule has 0 aliphatic rings. The predicted octanol–water partition coefficient (Wildman–Crippen LogP) is 13.9. The standard InChI is InChI=1S/C50H34N2/c1-2-12-35(13-3-1)36-24-29-41(30-25-36)51(47-22-10-16-38-14-4-6-18-43(38)47)42-31-26-37(27-32-42)40-28-33-50-46(34-40)45-20-8-9-21-49(45)52(50)48-23-11-17-39-15-5-7-19-44(39)48/h1-34H. The highest BCUT2D eigenvalue weighted by Gasteiger charge is 2.17. The molecule has 0 aliphatic carbocycles. The summed E-state index contributed by atoms with van der Waals surface area (Å²) in [6.07, 6.45) is 0. The first-order valence-electron chi connectivity index (χ1n) is 17.9. The molecule has 244 valence electrons. The quantitative estimate of drug-likeness (QED) is 0.172. The van der Waals surface area contributed by atoms with Gasteiger partial charge in [0.1, 0.15) is 0 Å². The summed E-state index contributed by atoms with van der Waals surface area (Å²) in [6.45, 7) is 0. The number of aromatic nitrogens is 1. The van der Waals surface area contributed by atoms with Crippen LogP contribution in [0.5, 0.6) is 0 Å². The van der Waals surface area contributed by atoms with Gasteiger partial charge < -0.3 is 9.47 Å². The van der Waals surface area contributed by atoms with Crippen molar-refractivity contribution in [3.63, 3.8) is 0 Å². The first-order chi connectivity index (χ1) is 25.8. The Kier molecular flexibility index (Phi) is 7.18. The van der Waals surface area contributed by atoms with Gasteiger partial charge in [0.2, 0.25) is 0 Å². The van der Waals surface area contributed by atoms with Gasteiger partial charge in [0, 0.05) is 32.9 Å². The van der Waals surface area contributed by atoms with Crippen LogP contribution >= 0.6 is 0 Å². The summed E-state index contributed by atoms with van der Waals surface area (Å²) < 4.78 is 2.42. The van der Waals surface area contributed by atoms with Crippen LogP contribution in [0.15, 0.2) is 206 Å². The van der Waals surface area contributed by atoms with Gasteiger partial charge in [0.05, 0.1) is 22.4 Å². The third kappa shape index (κ3) is 5.04. The molecule has 0 atom stereocenters. The fourth-order valence-corrected chi connectivity index (χ4v) is 7.88. The third-order valence-electron chi connectivity index (χ3n) is 10.4. The Morgan fingerprint density at radius 2 is 0.808 bits per heavy atom. The van der Waals surface area contributed by atoms with E-state index in [-0.39, 0.29) is 0 Å². The molecule has 0 amide bonds. The average molecular weight is 663 g/mol. The van der Waals surface area contributed by atoms with Gasteiger partial charge in [-0.2, -0.15) is 0 Å². The molecule has 10 aromatic rings. The number of hydrogen-bond donors (Lipinski definition) is 0. The fraction of sp³-hybridized carbons (Fsp3) is 0. The van der Waals surface area contributed by atoms with Crippen molar-refractivity contribution in [1.29, 1.82) is 0 Å². The summed E-state index contributed by atoms with van der Waals surface area (Å²) in [5.41, 5.74) is 11.8. The minimum Gasteiger partial charge on any atom is -0.310 e. The zero-order valence-corrected chi connectivity index (χ0v) is 28.5. The highest BCUT2D eigenvalue weighted by molar-refractivity contribution is 6.11. The lowest BCUT2D eigenvalue weighted by atomic mass is 10.0. The van der Waals surface area contributed by atoms with Crippen LogP contribution in [-0.4, -0.2) is 4.57 Å². The number of fused-ring (bicyclic) bond motifs is 5. The Morgan fingerprint density at radius 3 is 1.54 bits per heavy atom. The van der Waals surface area contributed by atoms with Crippen LogP contribution in [0, 0.1) is 0 Å². The highest BCUT2D eigenvalue weighted by atomic mass is 15.1. The number of nitrogens with zero attached hydrogens (tertiary/aromatic N) is 2. The first kappa shape index (κ1) is 30.0. The maximum absolute atomic E-state index is 2.42. The van der Waals surface area contributed by atoms with Gasteiger partial charge in [-0.1, -0.05) is 152 Å². The maximum atomic E-state index is 2.42. The van der Waals surface area contributed by atoms with Gasteiger partial charge in [-0.05, 0) is 87.6 Å². The summed E-state index contributed by atoms with van der Waals surface area (Å²) in [4.78, 5) is 2.38. The minimum atomic E-state index is 1.11. The summed E-state index contributed by atoms with van der Waals surface area (Å²) in [7, 11) is 0. The lowest BCUT2D eigenvalue weighted by Crippen LogP contribution is -2.10. The van der Waals surface area contributed by atoms with Gasteiger partial charge in [-0.15, -0.1) is 0 Å². The largest absolute Gasteiger partial charge is 0.310 e. The second-order valence-corrected chi connectivity index (χ2v) is 13.4. The Labute approximate surface area is 303 Å². The van der Waals surface area contributed by atoms with Crippen LogP contribution in [0.4, 0.5) is 17.1 Å². The van der Waals surface area contributed by atoms with Crippen molar-refractivity contribution in [2.75, 3.05) is 4.90 Å². The summed E-state index contributed by atoms with van der Waals surface area (Å²) in [5, 5.41) is 7.43. The first-order valence-corrected chi connectivity index (χ1v) is 17.9. The molecule has 10 rings (SSSR count). The number of anilines is 3. The normalized spacial score (nSPS) is 11.5. The maximum Gasteiger partial charge on any atom is 0.0541 e. The molecule has 2 nitrogen and oxygen atoms in total. The molecule has 52 heavy (non-hydrogen) atoms. The van der Waals surface area contributed by atoms with Crippen molar-refractivity contribution in [2.45, 2.75) is 0 Å². The van der Waals surface area contributed by atoms with Gasteiger partial charge in [0.15, 0.2) is 0 Å². The molecule has 2 heteroatoms. The zero-order valence-electron chi connectivity index (χ0n) is 28.5. The Morgan fingerprint density at radius 1 is 0.308 bits per heavy atom. The Balaban J connectivity index is 1.08. The van der Waals surface area contributed by atoms with Gasteiger partial charge >= 0.3 is 0 Å². The summed E-state index contributed by atoms with van der Waals surface area (Å²) in [5.74, 6) is 0. The minimum absolute atomic E-state index is 1.11. The predicted molar refractivity (Wildman–Crippen MR) is 221 cm³/mol. The SMILES string of the molecule is c1ccc(-c2ccc(N(c3ccc(-c4ccc5c(c4)c4ccccc4n5-c4cccc5ccccc45)cc3)c3cccc4ccccc34)cc2)cc1. The molecule has 1 aromatic heterocycles. The van der Waals surface area contributed by atoms with Crippen molar-refractivity contribution >= 4 is 60.4 Å². The van der Waals surface area contributed by atoms with E-state index < -0.39 is 0 Å². The third-order valence-corrected chi connectivity index (χ3v) is 10.4. The van der Waals surface area contributed by atoms with E-state index in [0.717, 1.165) is 17.1 Å². The molecule has 0 fully saturated rings. The average Bonchev–Trinajstić information content (AvgIpc) is 3.55. The van der Waals surface area contributed by atoms with Crippen molar-refractivity contribution in [2.24, 2.45) is 0 Å². The van der Waals surface area contributed by atoms with E-state index in [9.17, 15) is 0 Å². The van der Waals surface area contributed by atoms with E-state index >= 15 is 0 Å². The molecule has 0 saturated heterocycles. The molecular weight excluding hydrogens is 629 g/mol. The van der Waals surface area contributed by atoms with E-state index in [1.165, 1.54) is 71.3 Å². The van der Waals surface area contributed by atoms with Crippen LogP contribution in [0.2, 0.25) is 0 Å². The summed E-state index contributed by atoms with van der Waals surface area (Å²) >= 11 is 0. The number of rotatable bonds is 6. The molecule has 0 aliphatic heterocycles. The number of hydrogen-bond acceptors (Lipinski definition) is 1. The summed E-state index contributed by atoms with van der Waals surface area (Å²) in [6, 6.07) is 74.6. The lowest BCUT2D eigenvalue weighted by Gasteiger charge is -2.27. The van der Waals surface area contributed by atoms with E-state index in [1.807, 2.05) is 0 Å². The van der Waals surface area contributed by atoms with Crippen LogP contribution in [0.25, 0.3) is 71.3 Å². The molecule has 9 aromatic carbocycles. The van der Waals surface area contributed by atoms with Crippen molar-refractivity contribution in [1.82, 2.24) is 4.57 Å². The van der Waals surface area contributed by atoms with E-state index in [4.69, 9.17) is 0 Å². The molecular formula is C50H34N2. The highest BCUT2D eigenvalue weighted by Crippen LogP contribution is 2.41. The molecule has 0 radical (unpaired) electrons. The molecule has 0 saturated carbocycles. The van der Waals surface area contributed by atoms with Gasteiger partial charge in [-0.3, -0.25) is 0 Å².